The van der Waals surface area contributed by atoms with Crippen molar-refractivity contribution in [1.82, 2.24) is 19.8 Å². The molecule has 0 saturated carbocycles. The lowest BCUT2D eigenvalue weighted by atomic mass is 10.0. The molecule has 2 heterocycles. The molecule has 0 aliphatic heterocycles. The van der Waals surface area contributed by atoms with Crippen LogP contribution in [0.1, 0.15) is 26.6 Å². The van der Waals surface area contributed by atoms with Crippen LogP contribution in [0, 0.1) is 20.8 Å². The van der Waals surface area contributed by atoms with Gasteiger partial charge in [-0.3, -0.25) is 9.78 Å². The van der Waals surface area contributed by atoms with Crippen molar-refractivity contribution < 1.29 is 4.79 Å². The molecule has 31 heavy (non-hydrogen) atoms. The van der Waals surface area contributed by atoms with Gasteiger partial charge in [-0.25, -0.2) is 4.98 Å². The fraction of sp³-hybridized carbons (Fsp3) is 0.375. The van der Waals surface area contributed by atoms with Gasteiger partial charge in [-0.05, 0) is 52.1 Å². The van der Waals surface area contributed by atoms with Gasteiger partial charge in [0, 0.05) is 42.5 Å². The highest BCUT2D eigenvalue weighted by molar-refractivity contribution is 7.12. The van der Waals surface area contributed by atoms with Crippen molar-refractivity contribution >= 4 is 29.7 Å². The third kappa shape index (κ3) is 6.86. The lowest BCUT2D eigenvalue weighted by Crippen LogP contribution is -2.37. The molecule has 166 valence electrons. The van der Waals surface area contributed by atoms with Gasteiger partial charge in [0.05, 0.1) is 17.1 Å². The molecule has 1 amide bonds. The molecule has 0 bridgehead atoms. The van der Waals surface area contributed by atoms with Crippen molar-refractivity contribution in [3.63, 3.8) is 0 Å². The molecule has 3 rings (SSSR count). The Balaban J connectivity index is 0.00000341. The second kappa shape index (κ2) is 11.4. The topological polar surface area (TPSA) is 49.3 Å². The van der Waals surface area contributed by atoms with E-state index >= 15 is 0 Å². The smallest absolute Gasteiger partial charge is 0.228 e. The SMILES string of the molecule is Cc1ccc(-c2nc(C)sc2CC(=O)N(CCN(C)C)Cc2cccnc2)c(C)c1.Cl. The fourth-order valence-electron chi connectivity index (χ4n) is 3.45. The van der Waals surface area contributed by atoms with Crippen molar-refractivity contribution in [1.29, 1.82) is 0 Å². The Hall–Kier alpha value is -2.28. The fourth-order valence-corrected chi connectivity index (χ4v) is 4.39. The van der Waals surface area contributed by atoms with Gasteiger partial charge in [0.1, 0.15) is 0 Å². The van der Waals surface area contributed by atoms with Crippen LogP contribution in [0.5, 0.6) is 0 Å². The Bertz CT molecular complexity index is 1000. The summed E-state index contributed by atoms with van der Waals surface area (Å²) < 4.78 is 0. The van der Waals surface area contributed by atoms with Crippen molar-refractivity contribution in [2.75, 3.05) is 27.2 Å². The third-order valence-electron chi connectivity index (χ3n) is 5.02. The molecule has 0 atom stereocenters. The molecular formula is C24H31ClN4OS. The zero-order valence-electron chi connectivity index (χ0n) is 18.9. The van der Waals surface area contributed by atoms with Gasteiger partial charge >= 0.3 is 0 Å². The van der Waals surface area contributed by atoms with E-state index in [0.717, 1.165) is 33.3 Å². The van der Waals surface area contributed by atoms with E-state index in [1.54, 1.807) is 17.5 Å². The summed E-state index contributed by atoms with van der Waals surface area (Å²) in [5.41, 5.74) is 5.51. The third-order valence-corrected chi connectivity index (χ3v) is 5.99. The summed E-state index contributed by atoms with van der Waals surface area (Å²) in [6.07, 6.45) is 3.95. The molecule has 0 radical (unpaired) electrons. The number of rotatable bonds is 8. The molecule has 3 aromatic rings. The maximum absolute atomic E-state index is 13.3. The van der Waals surface area contributed by atoms with Crippen LogP contribution in [0.3, 0.4) is 0 Å². The number of hydrogen-bond donors (Lipinski definition) is 0. The minimum Gasteiger partial charge on any atom is -0.337 e. The van der Waals surface area contributed by atoms with Crippen molar-refractivity contribution in [2.24, 2.45) is 0 Å². The second-order valence-electron chi connectivity index (χ2n) is 7.98. The molecule has 0 saturated heterocycles. The highest BCUT2D eigenvalue weighted by Crippen LogP contribution is 2.31. The highest BCUT2D eigenvalue weighted by Gasteiger charge is 2.20. The van der Waals surface area contributed by atoms with Gasteiger partial charge in [0.2, 0.25) is 5.91 Å². The highest BCUT2D eigenvalue weighted by atomic mass is 35.5. The van der Waals surface area contributed by atoms with E-state index in [1.165, 1.54) is 11.1 Å². The van der Waals surface area contributed by atoms with Crippen LogP contribution >= 0.6 is 23.7 Å². The van der Waals surface area contributed by atoms with E-state index in [-0.39, 0.29) is 18.3 Å². The summed E-state index contributed by atoms with van der Waals surface area (Å²) in [6, 6.07) is 10.3. The minimum absolute atomic E-state index is 0. The zero-order valence-corrected chi connectivity index (χ0v) is 20.5. The number of aryl methyl sites for hydroxylation is 3. The molecule has 1 aromatic carbocycles. The van der Waals surface area contributed by atoms with E-state index in [0.29, 0.717) is 19.5 Å². The van der Waals surface area contributed by atoms with Crippen LogP contribution < -0.4 is 0 Å². The number of benzene rings is 1. The first-order valence-corrected chi connectivity index (χ1v) is 11.0. The Labute approximate surface area is 195 Å². The lowest BCUT2D eigenvalue weighted by Gasteiger charge is -2.24. The molecule has 7 heteroatoms. The van der Waals surface area contributed by atoms with E-state index in [1.807, 2.05) is 44.2 Å². The summed E-state index contributed by atoms with van der Waals surface area (Å²) in [7, 11) is 4.05. The van der Waals surface area contributed by atoms with Crippen molar-refractivity contribution in [2.45, 2.75) is 33.7 Å². The summed E-state index contributed by atoms with van der Waals surface area (Å²) in [5, 5.41) is 0.986. The first-order chi connectivity index (χ1) is 14.3. The van der Waals surface area contributed by atoms with Crippen LogP contribution in [0.25, 0.3) is 11.3 Å². The number of amides is 1. The van der Waals surface area contributed by atoms with E-state index in [4.69, 9.17) is 4.98 Å². The predicted octanol–water partition coefficient (Wildman–Crippen LogP) is 4.69. The number of likely N-dealkylation sites (N-methyl/N-ethyl adjacent to an activating group) is 1. The molecule has 0 N–H and O–H groups in total. The number of pyridine rings is 1. The summed E-state index contributed by atoms with van der Waals surface area (Å²) in [5.74, 6) is 0.121. The maximum atomic E-state index is 13.3. The van der Waals surface area contributed by atoms with E-state index in [2.05, 4.69) is 41.9 Å². The van der Waals surface area contributed by atoms with Gasteiger partial charge in [-0.15, -0.1) is 23.7 Å². The number of carbonyl (C=O) groups is 1. The average Bonchev–Trinajstić information content (AvgIpc) is 3.05. The first kappa shape index (κ1) is 25.0. The molecule has 0 aliphatic rings. The Morgan fingerprint density at radius 1 is 1.10 bits per heavy atom. The minimum atomic E-state index is 0. The monoisotopic (exact) mass is 458 g/mol. The van der Waals surface area contributed by atoms with Crippen LogP contribution in [-0.2, 0) is 17.8 Å². The quantitative estimate of drug-likeness (QED) is 0.491. The van der Waals surface area contributed by atoms with Crippen LogP contribution in [-0.4, -0.2) is 52.9 Å². The normalized spacial score (nSPS) is 10.8. The van der Waals surface area contributed by atoms with Crippen LogP contribution in [0.15, 0.2) is 42.7 Å². The zero-order chi connectivity index (χ0) is 21.7. The van der Waals surface area contributed by atoms with Crippen molar-refractivity contribution in [3.8, 4) is 11.3 Å². The number of halogens is 1. The molecule has 0 aliphatic carbocycles. The second-order valence-corrected chi connectivity index (χ2v) is 9.27. The Kier molecular flexibility index (Phi) is 9.16. The summed E-state index contributed by atoms with van der Waals surface area (Å²) in [4.78, 5) is 27.4. The molecule has 5 nitrogen and oxygen atoms in total. The largest absolute Gasteiger partial charge is 0.337 e. The van der Waals surface area contributed by atoms with Gasteiger partial charge in [-0.2, -0.15) is 0 Å². The van der Waals surface area contributed by atoms with Crippen LogP contribution in [0.4, 0.5) is 0 Å². The van der Waals surface area contributed by atoms with Gasteiger partial charge in [0.15, 0.2) is 0 Å². The number of nitrogens with zero attached hydrogens (tertiary/aromatic N) is 4. The van der Waals surface area contributed by atoms with Gasteiger partial charge in [-0.1, -0.05) is 29.8 Å². The molecular weight excluding hydrogens is 428 g/mol. The van der Waals surface area contributed by atoms with Gasteiger partial charge in [0.25, 0.3) is 0 Å². The average molecular weight is 459 g/mol. The lowest BCUT2D eigenvalue weighted by molar-refractivity contribution is -0.131. The number of hydrogen-bond acceptors (Lipinski definition) is 5. The standard InChI is InChI=1S/C24H30N4OS.ClH/c1-17-8-9-21(18(2)13-17)24-22(30-19(3)26-24)14-23(29)28(12-11-27(4)5)16-20-7-6-10-25-15-20;/h6-10,13,15H,11-12,14,16H2,1-5H3;1H. The van der Waals surface area contributed by atoms with E-state index in [9.17, 15) is 4.79 Å². The van der Waals surface area contributed by atoms with Gasteiger partial charge < -0.3 is 9.80 Å². The number of carbonyl (C=O) groups excluding carboxylic acids is 1. The summed E-state index contributed by atoms with van der Waals surface area (Å²) >= 11 is 1.62. The van der Waals surface area contributed by atoms with E-state index < -0.39 is 0 Å². The number of thiazole rings is 1. The maximum Gasteiger partial charge on any atom is 0.228 e. The Morgan fingerprint density at radius 3 is 2.52 bits per heavy atom. The Morgan fingerprint density at radius 2 is 1.87 bits per heavy atom. The summed E-state index contributed by atoms with van der Waals surface area (Å²) in [6.45, 7) is 8.26. The number of aromatic nitrogens is 2. The predicted molar refractivity (Wildman–Crippen MR) is 131 cm³/mol. The molecule has 0 unspecified atom stereocenters. The van der Waals surface area contributed by atoms with Crippen LogP contribution in [0.2, 0.25) is 0 Å². The molecule has 2 aromatic heterocycles. The first-order valence-electron chi connectivity index (χ1n) is 10.2. The molecule has 0 fully saturated rings. The van der Waals surface area contributed by atoms with Crippen molar-refractivity contribution in [3.05, 3.63) is 69.3 Å². The molecule has 0 spiro atoms.